The van der Waals surface area contributed by atoms with Gasteiger partial charge in [0.05, 0.1) is 33.5 Å². The Morgan fingerprint density at radius 3 is 2.48 bits per heavy atom. The summed E-state index contributed by atoms with van der Waals surface area (Å²) in [5.74, 6) is 1.86. The minimum atomic E-state index is -0.160. The van der Waals surface area contributed by atoms with Gasteiger partial charge in [0.25, 0.3) is 5.91 Å². The summed E-state index contributed by atoms with van der Waals surface area (Å²) in [6.07, 6.45) is 0. The molecule has 0 aromatic heterocycles. The number of carbonyl (C=O) groups excluding carboxylic acids is 1. The van der Waals surface area contributed by atoms with Crippen molar-refractivity contribution < 1.29 is 23.7 Å². The number of hydrogen-bond acceptors (Lipinski definition) is 6. The van der Waals surface area contributed by atoms with Crippen LogP contribution in [0.25, 0.3) is 0 Å². The SMILES string of the molecule is COc1ccc(C(CNC(=O)COc2ccccc2)N2CCOCC2)cc1OC. The first-order valence-electron chi connectivity index (χ1n) is 9.69. The molecule has 7 heteroatoms. The molecule has 0 saturated carbocycles. The van der Waals surface area contributed by atoms with Crippen molar-refractivity contribution in [2.24, 2.45) is 0 Å². The van der Waals surface area contributed by atoms with Gasteiger partial charge < -0.3 is 24.3 Å². The molecule has 2 aromatic carbocycles. The summed E-state index contributed by atoms with van der Waals surface area (Å²) in [7, 11) is 3.23. The van der Waals surface area contributed by atoms with E-state index in [-0.39, 0.29) is 18.6 Å². The zero-order valence-electron chi connectivity index (χ0n) is 16.9. The fourth-order valence-corrected chi connectivity index (χ4v) is 3.33. The van der Waals surface area contributed by atoms with Crippen molar-refractivity contribution in [1.82, 2.24) is 10.2 Å². The van der Waals surface area contributed by atoms with Crippen LogP contribution < -0.4 is 19.5 Å². The van der Waals surface area contributed by atoms with Gasteiger partial charge in [0.15, 0.2) is 18.1 Å². The van der Waals surface area contributed by atoms with Gasteiger partial charge in [-0.15, -0.1) is 0 Å². The summed E-state index contributed by atoms with van der Waals surface area (Å²) < 4.78 is 21.8. The number of nitrogens with one attached hydrogen (secondary N) is 1. The van der Waals surface area contributed by atoms with Crippen LogP contribution in [0.4, 0.5) is 0 Å². The minimum Gasteiger partial charge on any atom is -0.493 e. The average Bonchev–Trinajstić information content (AvgIpc) is 2.79. The Bertz CT molecular complexity index is 778. The van der Waals surface area contributed by atoms with Crippen molar-refractivity contribution in [3.05, 3.63) is 54.1 Å². The van der Waals surface area contributed by atoms with Gasteiger partial charge in [-0.05, 0) is 29.8 Å². The quantitative estimate of drug-likeness (QED) is 0.697. The van der Waals surface area contributed by atoms with Crippen molar-refractivity contribution in [3.8, 4) is 17.2 Å². The molecule has 156 valence electrons. The number of hydrogen-bond donors (Lipinski definition) is 1. The zero-order chi connectivity index (χ0) is 20.5. The third kappa shape index (κ3) is 5.85. The summed E-state index contributed by atoms with van der Waals surface area (Å²) in [4.78, 5) is 14.6. The summed E-state index contributed by atoms with van der Waals surface area (Å²) in [6, 6.07) is 15.2. The van der Waals surface area contributed by atoms with E-state index < -0.39 is 0 Å². The van der Waals surface area contributed by atoms with Crippen molar-refractivity contribution in [1.29, 1.82) is 0 Å². The van der Waals surface area contributed by atoms with E-state index in [1.807, 2.05) is 48.5 Å². The molecule has 1 aliphatic rings. The fourth-order valence-electron chi connectivity index (χ4n) is 3.33. The maximum absolute atomic E-state index is 12.3. The van der Waals surface area contributed by atoms with Gasteiger partial charge in [-0.25, -0.2) is 0 Å². The fraction of sp³-hybridized carbons (Fsp3) is 0.409. The molecule has 0 aliphatic carbocycles. The third-order valence-corrected chi connectivity index (χ3v) is 4.88. The molecule has 1 heterocycles. The predicted molar refractivity (Wildman–Crippen MR) is 110 cm³/mol. The summed E-state index contributed by atoms with van der Waals surface area (Å²) in [6.45, 7) is 3.40. The molecule has 1 N–H and O–H groups in total. The van der Waals surface area contributed by atoms with Gasteiger partial charge in [-0.1, -0.05) is 24.3 Å². The van der Waals surface area contributed by atoms with E-state index in [1.54, 1.807) is 14.2 Å². The lowest BCUT2D eigenvalue weighted by Gasteiger charge is -2.35. The zero-order valence-corrected chi connectivity index (χ0v) is 16.9. The van der Waals surface area contributed by atoms with Crippen LogP contribution in [0.5, 0.6) is 17.2 Å². The molecule has 7 nitrogen and oxygen atoms in total. The first-order valence-corrected chi connectivity index (χ1v) is 9.69. The maximum Gasteiger partial charge on any atom is 0.258 e. The van der Waals surface area contributed by atoms with Gasteiger partial charge in [0.2, 0.25) is 0 Å². The number of rotatable bonds is 9. The van der Waals surface area contributed by atoms with E-state index in [2.05, 4.69) is 10.2 Å². The number of methoxy groups -OCH3 is 2. The predicted octanol–water partition coefficient (Wildman–Crippen LogP) is 2.27. The molecule has 1 unspecified atom stereocenters. The van der Waals surface area contributed by atoms with Crippen LogP contribution in [0, 0.1) is 0 Å². The first kappa shape index (κ1) is 21.0. The largest absolute Gasteiger partial charge is 0.493 e. The van der Waals surface area contributed by atoms with Crippen molar-refractivity contribution in [2.75, 3.05) is 53.7 Å². The summed E-state index contributed by atoms with van der Waals surface area (Å²) in [5, 5.41) is 3.00. The molecule has 2 aromatic rings. The highest BCUT2D eigenvalue weighted by Crippen LogP contribution is 2.32. The van der Waals surface area contributed by atoms with Crippen molar-refractivity contribution in [2.45, 2.75) is 6.04 Å². The highest BCUT2D eigenvalue weighted by atomic mass is 16.5. The van der Waals surface area contributed by atoms with Crippen LogP contribution in [0.2, 0.25) is 0 Å². The second kappa shape index (κ2) is 10.7. The summed E-state index contributed by atoms with van der Waals surface area (Å²) >= 11 is 0. The topological polar surface area (TPSA) is 69.3 Å². The van der Waals surface area contributed by atoms with Crippen LogP contribution >= 0.6 is 0 Å². The molecule has 29 heavy (non-hydrogen) atoms. The number of ether oxygens (including phenoxy) is 4. The van der Waals surface area contributed by atoms with Crippen LogP contribution in [0.3, 0.4) is 0 Å². The van der Waals surface area contributed by atoms with Crippen molar-refractivity contribution >= 4 is 5.91 Å². The number of nitrogens with zero attached hydrogens (tertiary/aromatic N) is 1. The molecule has 1 fully saturated rings. The van der Waals surface area contributed by atoms with E-state index in [9.17, 15) is 4.79 Å². The van der Waals surface area contributed by atoms with Crippen LogP contribution in [-0.2, 0) is 9.53 Å². The van der Waals surface area contributed by atoms with E-state index in [1.165, 1.54) is 0 Å². The van der Waals surface area contributed by atoms with E-state index in [0.717, 1.165) is 18.7 Å². The molecular weight excluding hydrogens is 372 g/mol. The molecule has 3 rings (SSSR count). The minimum absolute atomic E-state index is 0.000573. The average molecular weight is 400 g/mol. The number of morpholine rings is 1. The van der Waals surface area contributed by atoms with Gasteiger partial charge in [-0.3, -0.25) is 9.69 Å². The molecule has 0 bridgehead atoms. The van der Waals surface area contributed by atoms with Crippen LogP contribution in [0.15, 0.2) is 48.5 Å². The van der Waals surface area contributed by atoms with E-state index in [0.29, 0.717) is 37.0 Å². The maximum atomic E-state index is 12.3. The monoisotopic (exact) mass is 400 g/mol. The van der Waals surface area contributed by atoms with Gasteiger partial charge in [0.1, 0.15) is 5.75 Å². The molecule has 1 saturated heterocycles. The van der Waals surface area contributed by atoms with E-state index >= 15 is 0 Å². The normalized spacial score (nSPS) is 15.4. The Balaban J connectivity index is 1.66. The second-order valence-corrected chi connectivity index (χ2v) is 6.68. The number of amides is 1. The van der Waals surface area contributed by atoms with Gasteiger partial charge in [-0.2, -0.15) is 0 Å². The standard InChI is InChI=1S/C22H28N2O5/c1-26-20-9-8-17(14-21(20)27-2)19(24-10-12-28-13-11-24)15-23-22(25)16-29-18-6-4-3-5-7-18/h3-9,14,19H,10-13,15-16H2,1-2H3,(H,23,25). The number of carbonyl (C=O) groups is 1. The number of para-hydroxylation sites is 1. The highest BCUT2D eigenvalue weighted by molar-refractivity contribution is 5.77. The highest BCUT2D eigenvalue weighted by Gasteiger charge is 2.24. The lowest BCUT2D eigenvalue weighted by molar-refractivity contribution is -0.123. The van der Waals surface area contributed by atoms with Crippen LogP contribution in [0.1, 0.15) is 11.6 Å². The lowest BCUT2D eigenvalue weighted by Crippen LogP contribution is -2.44. The van der Waals surface area contributed by atoms with Crippen molar-refractivity contribution in [3.63, 3.8) is 0 Å². The molecule has 1 amide bonds. The second-order valence-electron chi connectivity index (χ2n) is 6.68. The molecular formula is C22H28N2O5. The molecule has 1 atom stereocenters. The van der Waals surface area contributed by atoms with Crippen LogP contribution in [-0.4, -0.2) is 64.5 Å². The molecule has 0 spiro atoms. The Morgan fingerprint density at radius 1 is 1.07 bits per heavy atom. The van der Waals surface area contributed by atoms with Gasteiger partial charge >= 0.3 is 0 Å². The smallest absolute Gasteiger partial charge is 0.258 e. The number of benzene rings is 2. The molecule has 0 radical (unpaired) electrons. The van der Waals surface area contributed by atoms with E-state index in [4.69, 9.17) is 18.9 Å². The lowest BCUT2D eigenvalue weighted by atomic mass is 10.0. The Morgan fingerprint density at radius 2 is 1.79 bits per heavy atom. The Hall–Kier alpha value is -2.77. The Labute approximate surface area is 171 Å². The third-order valence-electron chi connectivity index (χ3n) is 4.88. The first-order chi connectivity index (χ1) is 14.2. The summed E-state index contributed by atoms with van der Waals surface area (Å²) in [5.41, 5.74) is 1.05. The van der Waals surface area contributed by atoms with Gasteiger partial charge in [0, 0.05) is 19.6 Å². The Kier molecular flexibility index (Phi) is 7.72. The molecule has 1 aliphatic heterocycles.